The molecule has 3 nitrogen and oxygen atoms in total. The van der Waals surface area contributed by atoms with Crippen molar-refractivity contribution in [2.24, 2.45) is 0 Å². The summed E-state index contributed by atoms with van der Waals surface area (Å²) in [7, 11) is 1.47. The monoisotopic (exact) mass is 364 g/mol. The number of imidazole rings is 1. The summed E-state index contributed by atoms with van der Waals surface area (Å²) in [6.45, 7) is 7.83. The molecule has 0 saturated heterocycles. The van der Waals surface area contributed by atoms with E-state index in [4.69, 9.17) is 4.74 Å². The second-order valence-electron chi connectivity index (χ2n) is 5.54. The smallest absolute Gasteiger partial charge is 0.435 e. The number of methoxy groups -OCH3 is 1. The van der Waals surface area contributed by atoms with Crippen molar-refractivity contribution in [3.8, 4) is 17.0 Å². The van der Waals surface area contributed by atoms with Crippen LogP contribution >= 0.6 is 0 Å². The van der Waals surface area contributed by atoms with E-state index in [9.17, 15) is 13.2 Å². The van der Waals surface area contributed by atoms with Crippen molar-refractivity contribution in [3.05, 3.63) is 53.3 Å². The number of nitrogens with zero attached hydrogens (tertiary/aromatic N) is 2. The van der Waals surface area contributed by atoms with Gasteiger partial charge in [0.05, 0.1) is 12.8 Å². The van der Waals surface area contributed by atoms with Crippen LogP contribution in [0.2, 0.25) is 0 Å². The largest absolute Gasteiger partial charge is 0.497 e. The number of hydrogen-bond acceptors (Lipinski definition) is 2. The first-order valence-corrected chi connectivity index (χ1v) is 8.59. The molecule has 2 aromatic heterocycles. The molecule has 0 bridgehead atoms. The maximum Gasteiger partial charge on any atom is 0.435 e. The van der Waals surface area contributed by atoms with E-state index in [0.29, 0.717) is 11.3 Å². The molecule has 0 aliphatic heterocycles. The zero-order chi connectivity index (χ0) is 19.5. The number of hydrogen-bond donors (Lipinski definition) is 0. The molecule has 0 saturated carbocycles. The summed E-state index contributed by atoms with van der Waals surface area (Å²) in [4.78, 5) is 3.82. The fourth-order valence-corrected chi connectivity index (χ4v) is 2.93. The van der Waals surface area contributed by atoms with Gasteiger partial charge in [-0.3, -0.25) is 4.40 Å². The van der Waals surface area contributed by atoms with Gasteiger partial charge in [-0.2, -0.15) is 13.2 Å². The molecule has 140 valence electrons. The quantitative estimate of drug-likeness (QED) is 0.576. The van der Waals surface area contributed by atoms with Crippen LogP contribution in [0, 0.1) is 6.92 Å². The van der Waals surface area contributed by atoms with Gasteiger partial charge in [0.2, 0.25) is 0 Å². The van der Waals surface area contributed by atoms with Crippen LogP contribution in [-0.2, 0) is 12.6 Å². The topological polar surface area (TPSA) is 26.5 Å². The minimum absolute atomic E-state index is 0.0629. The highest BCUT2D eigenvalue weighted by Gasteiger charge is 2.38. The number of benzene rings is 1. The highest BCUT2D eigenvalue weighted by Crippen LogP contribution is 2.39. The van der Waals surface area contributed by atoms with Gasteiger partial charge in [0, 0.05) is 17.8 Å². The van der Waals surface area contributed by atoms with Gasteiger partial charge < -0.3 is 4.74 Å². The lowest BCUT2D eigenvalue weighted by atomic mass is 9.97. The summed E-state index contributed by atoms with van der Waals surface area (Å²) in [5.74, 6) is 0.465. The molecule has 1 aromatic carbocycles. The van der Waals surface area contributed by atoms with E-state index in [0.717, 1.165) is 17.5 Å². The van der Waals surface area contributed by atoms with Gasteiger partial charge in [0.25, 0.3) is 0 Å². The molecule has 0 atom stereocenters. The molecule has 26 heavy (non-hydrogen) atoms. The van der Waals surface area contributed by atoms with Gasteiger partial charge >= 0.3 is 6.18 Å². The molecule has 2 heterocycles. The summed E-state index contributed by atoms with van der Waals surface area (Å²) in [6, 6.07) is 8.54. The molecule has 0 fully saturated rings. The molecular formula is C20H23F3N2O. The van der Waals surface area contributed by atoms with Crippen LogP contribution < -0.4 is 4.74 Å². The lowest BCUT2D eigenvalue weighted by molar-refractivity contribution is -0.140. The predicted octanol–water partition coefficient (Wildman–Crippen LogP) is 5.93. The third-order valence-corrected chi connectivity index (χ3v) is 4.18. The Labute approximate surface area is 151 Å². The van der Waals surface area contributed by atoms with Crippen LogP contribution in [0.4, 0.5) is 13.2 Å². The lowest BCUT2D eigenvalue weighted by Gasteiger charge is -2.13. The van der Waals surface area contributed by atoms with E-state index in [1.807, 2.05) is 33.8 Å². The number of aromatic nitrogens is 2. The molecule has 0 unspecified atom stereocenters. The summed E-state index contributed by atoms with van der Waals surface area (Å²) in [6.07, 6.45) is -2.22. The Kier molecular flexibility index (Phi) is 5.95. The molecule has 0 radical (unpaired) electrons. The molecule has 3 rings (SSSR count). The van der Waals surface area contributed by atoms with Gasteiger partial charge in [-0.15, -0.1) is 0 Å². The van der Waals surface area contributed by atoms with E-state index >= 15 is 0 Å². The van der Waals surface area contributed by atoms with Crippen molar-refractivity contribution in [2.75, 3.05) is 7.11 Å². The number of halogens is 3. The Balaban J connectivity index is 0.00000117. The Morgan fingerprint density at radius 1 is 1.15 bits per heavy atom. The number of fused-ring (bicyclic) bond motifs is 1. The Morgan fingerprint density at radius 3 is 2.42 bits per heavy atom. The predicted molar refractivity (Wildman–Crippen MR) is 97.6 cm³/mol. The van der Waals surface area contributed by atoms with Crippen LogP contribution in [0.3, 0.4) is 0 Å². The number of pyridine rings is 1. The lowest BCUT2D eigenvalue weighted by Crippen LogP contribution is -2.08. The first-order valence-electron chi connectivity index (χ1n) is 8.59. The minimum Gasteiger partial charge on any atom is -0.497 e. The number of rotatable bonds is 3. The van der Waals surface area contributed by atoms with E-state index in [1.165, 1.54) is 17.6 Å². The molecule has 0 N–H and O–H groups in total. The summed E-state index contributed by atoms with van der Waals surface area (Å²) < 4.78 is 47.2. The van der Waals surface area contributed by atoms with Crippen LogP contribution in [0.1, 0.15) is 37.6 Å². The zero-order valence-electron chi connectivity index (χ0n) is 15.6. The van der Waals surface area contributed by atoms with Gasteiger partial charge in [0.15, 0.2) is 5.69 Å². The van der Waals surface area contributed by atoms with Crippen molar-refractivity contribution in [2.45, 2.75) is 40.3 Å². The Hall–Kier alpha value is -2.50. The molecule has 3 aromatic rings. The van der Waals surface area contributed by atoms with Gasteiger partial charge in [-0.25, -0.2) is 4.98 Å². The van der Waals surface area contributed by atoms with Crippen molar-refractivity contribution < 1.29 is 17.9 Å². The van der Waals surface area contributed by atoms with E-state index in [1.54, 1.807) is 24.4 Å². The second-order valence-corrected chi connectivity index (χ2v) is 5.54. The van der Waals surface area contributed by atoms with Gasteiger partial charge in [-0.05, 0) is 30.5 Å². The molecule has 6 heteroatoms. The van der Waals surface area contributed by atoms with Crippen molar-refractivity contribution >= 4 is 5.65 Å². The molecule has 0 spiro atoms. The second kappa shape index (κ2) is 7.81. The standard InChI is InChI=1S/C18H17F3N2O.C2H6/c1-4-12-6-5-7-14(11(12)2)16-17(18(19,20)21)22-15-10-13(24-3)8-9-23(15)16;1-2/h5-10H,4H2,1-3H3;1-2H3. The molecule has 0 amide bonds. The van der Waals surface area contributed by atoms with Crippen LogP contribution in [0.15, 0.2) is 36.5 Å². The fourth-order valence-electron chi connectivity index (χ4n) is 2.93. The summed E-state index contributed by atoms with van der Waals surface area (Å²) >= 11 is 0. The number of aryl methyl sites for hydroxylation is 1. The SMILES string of the molecule is CC.CCc1cccc(-c2c(C(F)(F)F)nc3cc(OC)ccn23)c1C. The third-order valence-electron chi connectivity index (χ3n) is 4.18. The third kappa shape index (κ3) is 3.54. The van der Waals surface area contributed by atoms with Crippen molar-refractivity contribution in [1.29, 1.82) is 0 Å². The van der Waals surface area contributed by atoms with Crippen molar-refractivity contribution in [3.63, 3.8) is 0 Å². The molecule has 0 aliphatic rings. The summed E-state index contributed by atoms with van der Waals surface area (Å²) in [5.41, 5.74) is 1.78. The minimum atomic E-state index is -4.54. The van der Waals surface area contributed by atoms with Gasteiger partial charge in [0.1, 0.15) is 11.4 Å². The summed E-state index contributed by atoms with van der Waals surface area (Å²) in [5, 5.41) is 0. The molecular weight excluding hydrogens is 341 g/mol. The Bertz CT molecular complexity index is 898. The van der Waals surface area contributed by atoms with E-state index in [2.05, 4.69) is 4.98 Å². The number of ether oxygens (including phenoxy) is 1. The highest BCUT2D eigenvalue weighted by atomic mass is 19.4. The zero-order valence-corrected chi connectivity index (χ0v) is 15.6. The maximum absolute atomic E-state index is 13.6. The highest BCUT2D eigenvalue weighted by molar-refractivity contribution is 5.72. The van der Waals surface area contributed by atoms with E-state index < -0.39 is 11.9 Å². The Morgan fingerprint density at radius 2 is 1.85 bits per heavy atom. The van der Waals surface area contributed by atoms with E-state index in [-0.39, 0.29) is 11.3 Å². The first kappa shape index (κ1) is 19.8. The average molecular weight is 364 g/mol. The van der Waals surface area contributed by atoms with Crippen LogP contribution in [-0.4, -0.2) is 16.5 Å². The fraction of sp³-hybridized carbons (Fsp3) is 0.350. The van der Waals surface area contributed by atoms with Crippen LogP contribution in [0.25, 0.3) is 16.9 Å². The number of alkyl halides is 3. The molecule has 0 aliphatic carbocycles. The normalized spacial score (nSPS) is 11.2. The van der Waals surface area contributed by atoms with Crippen LogP contribution in [0.5, 0.6) is 5.75 Å². The average Bonchev–Trinajstić information content (AvgIpc) is 3.02. The maximum atomic E-state index is 13.6. The van der Waals surface area contributed by atoms with Gasteiger partial charge in [-0.1, -0.05) is 39.0 Å². The van der Waals surface area contributed by atoms with Crippen molar-refractivity contribution in [1.82, 2.24) is 9.38 Å². The first-order chi connectivity index (χ1) is 12.4.